The Morgan fingerprint density at radius 1 is 1.30 bits per heavy atom. The van der Waals surface area contributed by atoms with Gasteiger partial charge in [0.15, 0.2) is 0 Å². The molecule has 0 amide bonds. The van der Waals surface area contributed by atoms with Crippen molar-refractivity contribution in [3.63, 3.8) is 0 Å². The van der Waals surface area contributed by atoms with Crippen LogP contribution in [0.5, 0.6) is 0 Å². The summed E-state index contributed by atoms with van der Waals surface area (Å²) in [5, 5.41) is 10.5. The predicted octanol–water partition coefficient (Wildman–Crippen LogP) is 3.20. The lowest BCUT2D eigenvalue weighted by molar-refractivity contribution is -0.401. The predicted molar refractivity (Wildman–Crippen MR) is 78.3 cm³/mol. The van der Waals surface area contributed by atoms with Gasteiger partial charge in [-0.15, -0.1) is 0 Å². The Morgan fingerprint density at radius 2 is 2.05 bits per heavy atom. The van der Waals surface area contributed by atoms with Gasteiger partial charge < -0.3 is 4.90 Å². The Bertz CT molecular complexity index is 532. The third-order valence-corrected chi connectivity index (χ3v) is 4.03. The summed E-state index contributed by atoms with van der Waals surface area (Å²) in [5.74, 6) is 0.540. The molecule has 0 atom stereocenters. The van der Waals surface area contributed by atoms with Crippen molar-refractivity contribution in [3.8, 4) is 0 Å². The summed E-state index contributed by atoms with van der Waals surface area (Å²) < 4.78 is 0. The highest BCUT2D eigenvalue weighted by atomic mass is 16.6. The molecule has 1 aliphatic carbocycles. The van der Waals surface area contributed by atoms with E-state index in [4.69, 9.17) is 0 Å². The van der Waals surface area contributed by atoms with E-state index in [2.05, 4.69) is 16.0 Å². The summed E-state index contributed by atoms with van der Waals surface area (Å²) in [4.78, 5) is 16.9. The number of pyridine rings is 1. The fourth-order valence-electron chi connectivity index (χ4n) is 2.80. The van der Waals surface area contributed by atoms with Crippen molar-refractivity contribution in [1.82, 2.24) is 4.98 Å². The molecular weight excluding hydrogens is 254 g/mol. The molecular formula is C15H19N3O2. The van der Waals surface area contributed by atoms with Crippen molar-refractivity contribution in [3.05, 3.63) is 39.8 Å². The van der Waals surface area contributed by atoms with Crippen molar-refractivity contribution in [2.24, 2.45) is 0 Å². The van der Waals surface area contributed by atoms with Crippen molar-refractivity contribution >= 4 is 11.8 Å². The second-order valence-corrected chi connectivity index (χ2v) is 5.59. The van der Waals surface area contributed by atoms with E-state index in [0.717, 1.165) is 25.0 Å². The van der Waals surface area contributed by atoms with Gasteiger partial charge in [-0.1, -0.05) is 0 Å². The van der Waals surface area contributed by atoms with Crippen molar-refractivity contribution in [2.75, 3.05) is 18.0 Å². The maximum absolute atomic E-state index is 10.5. The van der Waals surface area contributed by atoms with E-state index < -0.39 is 4.92 Å². The summed E-state index contributed by atoms with van der Waals surface area (Å²) in [5.41, 5.74) is 3.10. The van der Waals surface area contributed by atoms with Gasteiger partial charge in [-0.05, 0) is 49.7 Å². The van der Waals surface area contributed by atoms with Gasteiger partial charge in [-0.2, -0.15) is 0 Å². The first kappa shape index (κ1) is 13.1. The van der Waals surface area contributed by atoms with E-state index in [0.29, 0.717) is 5.92 Å². The van der Waals surface area contributed by atoms with E-state index in [1.165, 1.54) is 49.4 Å². The zero-order valence-corrected chi connectivity index (χ0v) is 11.5. The molecule has 2 fully saturated rings. The number of piperidine rings is 1. The third kappa shape index (κ3) is 2.98. The second-order valence-electron chi connectivity index (χ2n) is 5.59. The molecule has 0 unspecified atom stereocenters. The normalized spacial score (nSPS) is 19.5. The first-order chi connectivity index (χ1) is 9.74. The molecule has 1 aliphatic heterocycles. The van der Waals surface area contributed by atoms with Gasteiger partial charge in [0.05, 0.1) is 22.5 Å². The molecule has 1 saturated carbocycles. The Labute approximate surface area is 118 Å². The number of anilines is 1. The highest BCUT2D eigenvalue weighted by molar-refractivity contribution is 5.57. The molecule has 5 heteroatoms. The maximum Gasteiger partial charge on any atom is 0.236 e. The van der Waals surface area contributed by atoms with Crippen LogP contribution >= 0.6 is 0 Å². The SMILES string of the molecule is O=[N+]([O-])/C=C/c1ncc(N2CCCCC2)cc1C1CC1. The number of nitrogens with zero attached hydrogens (tertiary/aromatic N) is 3. The highest BCUT2D eigenvalue weighted by Crippen LogP contribution is 2.42. The summed E-state index contributed by atoms with van der Waals surface area (Å²) in [6, 6.07) is 2.19. The Morgan fingerprint density at radius 3 is 2.70 bits per heavy atom. The molecule has 2 aliphatic rings. The molecule has 0 radical (unpaired) electrons. The largest absolute Gasteiger partial charge is 0.370 e. The Balaban J connectivity index is 1.87. The second kappa shape index (κ2) is 5.61. The quantitative estimate of drug-likeness (QED) is 0.624. The summed E-state index contributed by atoms with van der Waals surface area (Å²) in [6.45, 7) is 2.19. The van der Waals surface area contributed by atoms with E-state index >= 15 is 0 Å². The van der Waals surface area contributed by atoms with E-state index in [-0.39, 0.29) is 0 Å². The van der Waals surface area contributed by atoms with E-state index in [1.807, 2.05) is 6.20 Å². The number of nitro groups is 1. The van der Waals surface area contributed by atoms with Gasteiger partial charge in [0.25, 0.3) is 0 Å². The molecule has 2 heterocycles. The van der Waals surface area contributed by atoms with E-state index in [1.54, 1.807) is 0 Å². The topological polar surface area (TPSA) is 59.3 Å². The lowest BCUT2D eigenvalue weighted by Crippen LogP contribution is -2.29. The van der Waals surface area contributed by atoms with Gasteiger partial charge in [-0.25, -0.2) is 0 Å². The molecule has 3 rings (SSSR count). The van der Waals surface area contributed by atoms with Crippen LogP contribution < -0.4 is 4.90 Å². The van der Waals surface area contributed by atoms with Gasteiger partial charge in [0, 0.05) is 19.2 Å². The lowest BCUT2D eigenvalue weighted by atomic mass is 10.1. The molecule has 20 heavy (non-hydrogen) atoms. The molecule has 0 N–H and O–H groups in total. The number of hydrogen-bond acceptors (Lipinski definition) is 4. The van der Waals surface area contributed by atoms with Gasteiger partial charge >= 0.3 is 0 Å². The smallest absolute Gasteiger partial charge is 0.236 e. The fraction of sp³-hybridized carbons (Fsp3) is 0.533. The lowest BCUT2D eigenvalue weighted by Gasteiger charge is -2.29. The van der Waals surface area contributed by atoms with Crippen molar-refractivity contribution in [2.45, 2.75) is 38.0 Å². The molecule has 5 nitrogen and oxygen atoms in total. The molecule has 1 aromatic rings. The first-order valence-corrected chi connectivity index (χ1v) is 7.30. The first-order valence-electron chi connectivity index (χ1n) is 7.30. The van der Waals surface area contributed by atoms with Crippen LogP contribution in [0.15, 0.2) is 18.5 Å². The van der Waals surface area contributed by atoms with Crippen LogP contribution in [0, 0.1) is 10.1 Å². The van der Waals surface area contributed by atoms with Crippen LogP contribution in [-0.2, 0) is 0 Å². The Kier molecular flexibility index (Phi) is 3.67. The minimum Gasteiger partial charge on any atom is -0.370 e. The highest BCUT2D eigenvalue weighted by Gasteiger charge is 2.27. The summed E-state index contributed by atoms with van der Waals surface area (Å²) in [7, 11) is 0. The minimum absolute atomic E-state index is 0.434. The maximum atomic E-state index is 10.5. The van der Waals surface area contributed by atoms with Crippen LogP contribution in [0.25, 0.3) is 6.08 Å². The number of rotatable bonds is 4. The number of aromatic nitrogens is 1. The number of hydrogen-bond donors (Lipinski definition) is 0. The zero-order valence-electron chi connectivity index (χ0n) is 11.5. The molecule has 1 aromatic heterocycles. The zero-order chi connectivity index (χ0) is 13.9. The van der Waals surface area contributed by atoms with Crippen LogP contribution in [0.2, 0.25) is 0 Å². The average Bonchev–Trinajstić information content (AvgIpc) is 3.30. The van der Waals surface area contributed by atoms with Gasteiger partial charge in [0.1, 0.15) is 0 Å². The average molecular weight is 273 g/mol. The molecule has 106 valence electrons. The minimum atomic E-state index is -0.434. The van der Waals surface area contributed by atoms with Crippen LogP contribution in [0.4, 0.5) is 5.69 Å². The van der Waals surface area contributed by atoms with E-state index in [9.17, 15) is 10.1 Å². The molecule has 1 saturated heterocycles. The molecule has 0 spiro atoms. The van der Waals surface area contributed by atoms with Crippen LogP contribution in [0.1, 0.15) is 49.3 Å². The molecule has 0 aromatic carbocycles. The van der Waals surface area contributed by atoms with Gasteiger partial charge in [0.2, 0.25) is 6.20 Å². The van der Waals surface area contributed by atoms with Crippen LogP contribution in [-0.4, -0.2) is 23.0 Å². The third-order valence-electron chi connectivity index (χ3n) is 4.03. The fourth-order valence-corrected chi connectivity index (χ4v) is 2.80. The van der Waals surface area contributed by atoms with Gasteiger partial charge in [-0.3, -0.25) is 15.1 Å². The monoisotopic (exact) mass is 273 g/mol. The molecule has 0 bridgehead atoms. The van der Waals surface area contributed by atoms with Crippen molar-refractivity contribution < 1.29 is 4.92 Å². The standard InChI is InChI=1S/C15H19N3O2/c19-18(20)9-6-15-14(12-4-5-12)10-13(11-16-15)17-7-2-1-3-8-17/h6,9-12H,1-5,7-8H2/b9-6+. The summed E-state index contributed by atoms with van der Waals surface area (Å²) >= 11 is 0. The Hall–Kier alpha value is -1.91. The van der Waals surface area contributed by atoms with Crippen molar-refractivity contribution in [1.29, 1.82) is 0 Å². The summed E-state index contributed by atoms with van der Waals surface area (Å²) in [6.07, 6.45) is 10.5. The van der Waals surface area contributed by atoms with Crippen LogP contribution in [0.3, 0.4) is 0 Å².